The molecule has 132 valence electrons. The summed E-state index contributed by atoms with van der Waals surface area (Å²) < 4.78 is 1.92. The van der Waals surface area contributed by atoms with Gasteiger partial charge in [0.1, 0.15) is 5.82 Å². The molecule has 1 aliphatic rings. The van der Waals surface area contributed by atoms with Crippen molar-refractivity contribution in [2.24, 2.45) is 0 Å². The first-order valence-corrected chi connectivity index (χ1v) is 8.85. The molecule has 0 aliphatic heterocycles. The Bertz CT molecular complexity index is 990. The Balaban J connectivity index is 1.78. The van der Waals surface area contributed by atoms with Gasteiger partial charge in [0.15, 0.2) is 5.69 Å². The maximum absolute atomic E-state index is 12.9. The van der Waals surface area contributed by atoms with Gasteiger partial charge in [-0.05, 0) is 57.4 Å². The molecule has 0 aromatic carbocycles. The van der Waals surface area contributed by atoms with Crippen molar-refractivity contribution in [2.45, 2.75) is 39.7 Å². The normalized spacial score (nSPS) is 12.6. The van der Waals surface area contributed by atoms with E-state index in [4.69, 9.17) is 0 Å². The van der Waals surface area contributed by atoms with Crippen LogP contribution in [0.3, 0.4) is 0 Å². The number of amides is 1. The SMILES string of the molecule is Cc1cccc(NC(=O)c2nn(C(C)C)c3c2CCc2cccnc2-3)n1. The number of anilines is 1. The molecule has 6 heteroatoms. The van der Waals surface area contributed by atoms with Gasteiger partial charge < -0.3 is 5.32 Å². The summed E-state index contributed by atoms with van der Waals surface area (Å²) in [7, 11) is 0. The van der Waals surface area contributed by atoms with Crippen molar-refractivity contribution in [1.29, 1.82) is 0 Å². The van der Waals surface area contributed by atoms with Crippen LogP contribution in [-0.2, 0) is 12.8 Å². The fourth-order valence-electron chi connectivity index (χ4n) is 3.41. The minimum atomic E-state index is -0.224. The third-order valence-corrected chi connectivity index (χ3v) is 4.60. The molecule has 0 saturated carbocycles. The number of pyridine rings is 2. The molecule has 0 spiro atoms. The minimum absolute atomic E-state index is 0.135. The Labute approximate surface area is 152 Å². The summed E-state index contributed by atoms with van der Waals surface area (Å²) in [6.07, 6.45) is 3.44. The van der Waals surface area contributed by atoms with Crippen LogP contribution in [0.25, 0.3) is 11.4 Å². The second-order valence-electron chi connectivity index (χ2n) is 6.84. The summed E-state index contributed by atoms with van der Waals surface area (Å²) in [5.41, 5.74) is 5.39. The number of fused-ring (bicyclic) bond motifs is 3. The van der Waals surface area contributed by atoms with Crippen LogP contribution in [0.5, 0.6) is 0 Å². The Morgan fingerprint density at radius 2 is 2.04 bits per heavy atom. The van der Waals surface area contributed by atoms with Gasteiger partial charge in [-0.25, -0.2) is 4.98 Å². The first-order chi connectivity index (χ1) is 12.5. The number of hydrogen-bond donors (Lipinski definition) is 1. The molecule has 0 atom stereocenters. The van der Waals surface area contributed by atoms with Gasteiger partial charge in [0.05, 0.1) is 11.4 Å². The highest BCUT2D eigenvalue weighted by molar-refractivity contribution is 6.04. The highest BCUT2D eigenvalue weighted by Crippen LogP contribution is 2.35. The van der Waals surface area contributed by atoms with Crippen molar-refractivity contribution >= 4 is 11.7 Å². The largest absolute Gasteiger partial charge is 0.305 e. The summed E-state index contributed by atoms with van der Waals surface area (Å²) >= 11 is 0. The zero-order valence-electron chi connectivity index (χ0n) is 15.2. The molecule has 0 radical (unpaired) electrons. The van der Waals surface area contributed by atoms with Gasteiger partial charge >= 0.3 is 0 Å². The predicted octanol–water partition coefficient (Wildman–Crippen LogP) is 3.58. The van der Waals surface area contributed by atoms with Crippen LogP contribution < -0.4 is 5.32 Å². The molecular formula is C20H21N5O. The van der Waals surface area contributed by atoms with E-state index in [0.29, 0.717) is 11.5 Å². The second-order valence-corrected chi connectivity index (χ2v) is 6.84. The number of rotatable bonds is 3. The number of nitrogens with one attached hydrogen (secondary N) is 1. The molecule has 0 bridgehead atoms. The first-order valence-electron chi connectivity index (χ1n) is 8.85. The van der Waals surface area contributed by atoms with E-state index in [1.165, 1.54) is 5.56 Å². The summed E-state index contributed by atoms with van der Waals surface area (Å²) in [4.78, 5) is 21.8. The summed E-state index contributed by atoms with van der Waals surface area (Å²) in [6, 6.07) is 9.74. The molecule has 1 aliphatic carbocycles. The molecule has 1 amide bonds. The van der Waals surface area contributed by atoms with Crippen LogP contribution in [0.4, 0.5) is 5.82 Å². The Morgan fingerprint density at radius 1 is 1.19 bits per heavy atom. The summed E-state index contributed by atoms with van der Waals surface area (Å²) in [5.74, 6) is 0.315. The molecule has 4 rings (SSSR count). The average molecular weight is 347 g/mol. The number of hydrogen-bond acceptors (Lipinski definition) is 4. The van der Waals surface area contributed by atoms with E-state index in [0.717, 1.165) is 35.5 Å². The van der Waals surface area contributed by atoms with Gasteiger partial charge in [-0.1, -0.05) is 12.1 Å². The van der Waals surface area contributed by atoms with E-state index in [-0.39, 0.29) is 11.9 Å². The van der Waals surface area contributed by atoms with Gasteiger partial charge in [0.2, 0.25) is 0 Å². The highest BCUT2D eigenvalue weighted by atomic mass is 16.2. The van der Waals surface area contributed by atoms with Crippen LogP contribution in [0, 0.1) is 6.92 Å². The maximum Gasteiger partial charge on any atom is 0.277 e. The van der Waals surface area contributed by atoms with E-state index < -0.39 is 0 Å². The monoisotopic (exact) mass is 347 g/mol. The highest BCUT2D eigenvalue weighted by Gasteiger charge is 2.29. The molecule has 0 unspecified atom stereocenters. The van der Waals surface area contributed by atoms with Gasteiger partial charge in [-0.3, -0.25) is 14.5 Å². The molecule has 0 fully saturated rings. The minimum Gasteiger partial charge on any atom is -0.305 e. The maximum atomic E-state index is 12.9. The second kappa shape index (κ2) is 6.37. The van der Waals surface area contributed by atoms with E-state index in [2.05, 4.69) is 40.3 Å². The van der Waals surface area contributed by atoms with Crippen LogP contribution in [0.15, 0.2) is 36.5 Å². The van der Waals surface area contributed by atoms with Crippen molar-refractivity contribution in [1.82, 2.24) is 19.7 Å². The molecule has 6 nitrogen and oxygen atoms in total. The Kier molecular flexibility index (Phi) is 4.03. The Hall–Kier alpha value is -3.02. The Morgan fingerprint density at radius 3 is 2.81 bits per heavy atom. The molecular weight excluding hydrogens is 326 g/mol. The summed E-state index contributed by atoms with van der Waals surface area (Å²) in [6.45, 7) is 6.02. The fourth-order valence-corrected chi connectivity index (χ4v) is 3.41. The fraction of sp³-hybridized carbons (Fsp3) is 0.300. The molecule has 3 aromatic rings. The van der Waals surface area contributed by atoms with Crippen molar-refractivity contribution in [3.05, 3.63) is 59.0 Å². The van der Waals surface area contributed by atoms with Crippen LogP contribution in [0.2, 0.25) is 0 Å². The zero-order valence-corrected chi connectivity index (χ0v) is 15.2. The van der Waals surface area contributed by atoms with Crippen molar-refractivity contribution < 1.29 is 4.79 Å². The quantitative estimate of drug-likeness (QED) is 0.786. The van der Waals surface area contributed by atoms with Crippen molar-refractivity contribution in [3.8, 4) is 11.4 Å². The van der Waals surface area contributed by atoms with Crippen LogP contribution in [-0.4, -0.2) is 25.7 Å². The van der Waals surface area contributed by atoms with Gasteiger partial charge in [0, 0.05) is 23.5 Å². The van der Waals surface area contributed by atoms with E-state index in [1.54, 1.807) is 12.3 Å². The lowest BCUT2D eigenvalue weighted by atomic mass is 9.92. The standard InChI is InChI=1S/C20H21N5O/c1-12(2)25-19-15(10-9-14-7-5-11-21-17(14)19)18(24-25)20(26)23-16-8-4-6-13(3)22-16/h4-8,11-12H,9-10H2,1-3H3,(H,22,23,26). The first kappa shape index (κ1) is 16.4. The van der Waals surface area contributed by atoms with E-state index in [9.17, 15) is 4.79 Å². The number of carbonyl (C=O) groups is 1. The van der Waals surface area contributed by atoms with Crippen LogP contribution >= 0.6 is 0 Å². The average Bonchev–Trinajstić information content (AvgIpc) is 3.02. The molecule has 3 aromatic heterocycles. The lowest BCUT2D eigenvalue weighted by Crippen LogP contribution is -2.17. The third-order valence-electron chi connectivity index (χ3n) is 4.60. The van der Waals surface area contributed by atoms with E-state index >= 15 is 0 Å². The molecule has 3 heterocycles. The molecule has 0 saturated heterocycles. The number of carbonyl (C=O) groups excluding carboxylic acids is 1. The lowest BCUT2D eigenvalue weighted by Gasteiger charge is -2.18. The van der Waals surface area contributed by atoms with Crippen LogP contribution in [0.1, 0.15) is 47.2 Å². The van der Waals surface area contributed by atoms with Crippen molar-refractivity contribution in [2.75, 3.05) is 5.32 Å². The van der Waals surface area contributed by atoms with E-state index in [1.807, 2.05) is 29.8 Å². The topological polar surface area (TPSA) is 72.7 Å². The smallest absolute Gasteiger partial charge is 0.277 e. The number of nitrogens with zero attached hydrogens (tertiary/aromatic N) is 4. The lowest BCUT2D eigenvalue weighted by molar-refractivity contribution is 0.102. The van der Waals surface area contributed by atoms with Crippen molar-refractivity contribution in [3.63, 3.8) is 0 Å². The van der Waals surface area contributed by atoms with Gasteiger partial charge in [0.25, 0.3) is 5.91 Å². The molecule has 26 heavy (non-hydrogen) atoms. The number of aromatic nitrogens is 4. The van der Waals surface area contributed by atoms with Gasteiger partial charge in [-0.15, -0.1) is 0 Å². The third kappa shape index (κ3) is 2.77. The zero-order chi connectivity index (χ0) is 18.3. The van der Waals surface area contributed by atoms with Gasteiger partial charge in [-0.2, -0.15) is 5.10 Å². The molecule has 1 N–H and O–H groups in total. The number of aryl methyl sites for hydroxylation is 2. The summed E-state index contributed by atoms with van der Waals surface area (Å²) in [5, 5.41) is 7.52. The predicted molar refractivity (Wildman–Crippen MR) is 100 cm³/mol.